The van der Waals surface area contributed by atoms with E-state index in [9.17, 15) is 9.59 Å². The largest absolute Gasteiger partial charge is 0.352 e. The van der Waals surface area contributed by atoms with Crippen LogP contribution in [0.3, 0.4) is 0 Å². The number of alkyl halides is 2. The molecule has 0 aliphatic heterocycles. The first-order chi connectivity index (χ1) is 14.0. The average Bonchev–Trinajstić information content (AvgIpc) is 3.22. The minimum absolute atomic E-state index is 0.270. The molecule has 30 heavy (non-hydrogen) atoms. The summed E-state index contributed by atoms with van der Waals surface area (Å²) in [5.74, 6) is -1.56. The van der Waals surface area contributed by atoms with E-state index < -0.39 is 16.2 Å². The third kappa shape index (κ3) is 5.17. The highest BCUT2D eigenvalue weighted by Crippen LogP contribution is 2.65. The molecule has 2 aromatic rings. The molecular formula is C21H19Cl5N2O2. The van der Waals surface area contributed by atoms with Gasteiger partial charge in [-0.05, 0) is 47.9 Å². The third-order valence-corrected chi connectivity index (χ3v) is 6.44. The van der Waals surface area contributed by atoms with Gasteiger partial charge in [0, 0.05) is 28.2 Å². The lowest BCUT2D eigenvalue weighted by molar-refractivity contribution is -0.117. The molecule has 2 amide bonds. The van der Waals surface area contributed by atoms with Crippen LogP contribution in [-0.2, 0) is 4.79 Å². The molecule has 2 N–H and O–H groups in total. The van der Waals surface area contributed by atoms with Gasteiger partial charge in [0.15, 0.2) is 0 Å². The molecule has 1 aliphatic rings. The maximum atomic E-state index is 12.8. The van der Waals surface area contributed by atoms with Crippen LogP contribution < -0.4 is 10.6 Å². The van der Waals surface area contributed by atoms with Crippen molar-refractivity contribution in [3.8, 4) is 0 Å². The lowest BCUT2D eigenvalue weighted by atomic mass is 10.1. The lowest BCUT2D eigenvalue weighted by Crippen LogP contribution is -2.27. The van der Waals surface area contributed by atoms with Crippen LogP contribution >= 0.6 is 58.0 Å². The molecule has 0 bridgehead atoms. The van der Waals surface area contributed by atoms with Gasteiger partial charge in [-0.2, -0.15) is 0 Å². The fourth-order valence-electron chi connectivity index (χ4n) is 3.21. The number of nitrogens with one attached hydrogen (secondary N) is 2. The Morgan fingerprint density at radius 1 is 1.03 bits per heavy atom. The number of hydrogen-bond donors (Lipinski definition) is 2. The van der Waals surface area contributed by atoms with E-state index >= 15 is 0 Å². The Morgan fingerprint density at radius 2 is 1.67 bits per heavy atom. The smallest absolute Gasteiger partial charge is 0.252 e. The Kier molecular flexibility index (Phi) is 7.15. The number of carbonyl (C=O) groups excluding carboxylic acids is 2. The van der Waals surface area contributed by atoms with Crippen LogP contribution in [0.5, 0.6) is 0 Å². The van der Waals surface area contributed by atoms with Gasteiger partial charge in [0.25, 0.3) is 5.91 Å². The van der Waals surface area contributed by atoms with Gasteiger partial charge in [-0.3, -0.25) is 9.59 Å². The van der Waals surface area contributed by atoms with Crippen molar-refractivity contribution in [1.82, 2.24) is 5.32 Å². The topological polar surface area (TPSA) is 58.2 Å². The van der Waals surface area contributed by atoms with Crippen LogP contribution in [0, 0.1) is 11.8 Å². The zero-order valence-electron chi connectivity index (χ0n) is 16.1. The van der Waals surface area contributed by atoms with E-state index in [0.29, 0.717) is 33.8 Å². The van der Waals surface area contributed by atoms with Crippen molar-refractivity contribution < 1.29 is 9.59 Å². The van der Waals surface area contributed by atoms with Gasteiger partial charge >= 0.3 is 0 Å². The van der Waals surface area contributed by atoms with Crippen molar-refractivity contribution in [2.24, 2.45) is 11.8 Å². The zero-order valence-corrected chi connectivity index (χ0v) is 19.9. The number of anilines is 1. The highest BCUT2D eigenvalue weighted by Gasteiger charge is 2.67. The Labute approximate surface area is 200 Å². The van der Waals surface area contributed by atoms with Gasteiger partial charge in [-0.1, -0.05) is 48.7 Å². The Morgan fingerprint density at radius 3 is 2.27 bits per heavy atom. The number of rotatable bonds is 6. The molecule has 0 saturated heterocycles. The minimum atomic E-state index is -1.29. The SMILES string of the molecule is CC(C)CNC(=O)c1cc(NC(=O)[C@@H]2[C@@H](c3cc(Cl)cc(Cl)c3)C2(Cl)Cl)ccc1Cl. The number of hydrogen-bond acceptors (Lipinski definition) is 2. The van der Waals surface area contributed by atoms with Crippen LogP contribution in [0.4, 0.5) is 5.69 Å². The molecule has 0 heterocycles. The van der Waals surface area contributed by atoms with Crippen LogP contribution in [-0.4, -0.2) is 22.7 Å². The van der Waals surface area contributed by atoms with E-state index in [1.54, 1.807) is 30.3 Å². The Bertz CT molecular complexity index is 973. The van der Waals surface area contributed by atoms with Gasteiger partial charge in [-0.15, -0.1) is 23.2 Å². The van der Waals surface area contributed by atoms with E-state index in [-0.39, 0.29) is 22.4 Å². The second-order valence-electron chi connectivity index (χ2n) is 7.62. The van der Waals surface area contributed by atoms with Crippen LogP contribution in [0.1, 0.15) is 35.7 Å². The van der Waals surface area contributed by atoms with E-state index in [2.05, 4.69) is 10.6 Å². The van der Waals surface area contributed by atoms with E-state index in [1.807, 2.05) is 13.8 Å². The summed E-state index contributed by atoms with van der Waals surface area (Å²) in [6.45, 7) is 4.49. The summed E-state index contributed by atoms with van der Waals surface area (Å²) in [5.41, 5.74) is 1.37. The first-order valence-corrected chi connectivity index (χ1v) is 11.1. The first kappa shape index (κ1) is 23.5. The lowest BCUT2D eigenvalue weighted by Gasteiger charge is -2.11. The molecule has 9 heteroatoms. The maximum Gasteiger partial charge on any atom is 0.252 e. The molecule has 4 nitrogen and oxygen atoms in total. The highest BCUT2D eigenvalue weighted by molar-refractivity contribution is 6.53. The summed E-state index contributed by atoms with van der Waals surface area (Å²) in [6.07, 6.45) is 0. The van der Waals surface area contributed by atoms with Gasteiger partial charge in [-0.25, -0.2) is 0 Å². The molecular weight excluding hydrogens is 490 g/mol. The van der Waals surface area contributed by atoms with Crippen molar-refractivity contribution >= 4 is 75.5 Å². The maximum absolute atomic E-state index is 12.8. The summed E-state index contributed by atoms with van der Waals surface area (Å²) in [5, 5.41) is 6.72. The fourth-order valence-corrected chi connectivity index (χ4v) is 4.79. The predicted octanol–water partition coefficient (Wildman–Crippen LogP) is 6.56. The molecule has 160 valence electrons. The van der Waals surface area contributed by atoms with Crippen molar-refractivity contribution in [2.75, 3.05) is 11.9 Å². The number of benzene rings is 2. The molecule has 3 rings (SSSR count). The first-order valence-electron chi connectivity index (χ1n) is 9.23. The van der Waals surface area contributed by atoms with Crippen LogP contribution in [0.25, 0.3) is 0 Å². The van der Waals surface area contributed by atoms with Gasteiger partial charge in [0.2, 0.25) is 5.91 Å². The van der Waals surface area contributed by atoms with E-state index in [0.717, 1.165) is 0 Å². The number of amides is 2. The summed E-state index contributed by atoms with van der Waals surface area (Å²) >= 11 is 31.0. The Balaban J connectivity index is 1.76. The molecule has 0 spiro atoms. The van der Waals surface area contributed by atoms with Crippen molar-refractivity contribution in [3.05, 3.63) is 62.6 Å². The molecule has 2 atom stereocenters. The summed E-state index contributed by atoms with van der Waals surface area (Å²) < 4.78 is -1.29. The molecule has 0 aromatic heterocycles. The predicted molar refractivity (Wildman–Crippen MR) is 124 cm³/mol. The molecule has 2 aromatic carbocycles. The van der Waals surface area contributed by atoms with Gasteiger partial charge < -0.3 is 10.6 Å². The normalized spacial score (nSPS) is 19.5. The van der Waals surface area contributed by atoms with Crippen LogP contribution in [0.2, 0.25) is 15.1 Å². The summed E-state index contributed by atoms with van der Waals surface area (Å²) in [7, 11) is 0. The van der Waals surface area contributed by atoms with Crippen molar-refractivity contribution in [1.29, 1.82) is 0 Å². The molecule has 1 aliphatic carbocycles. The quantitative estimate of drug-likeness (QED) is 0.434. The van der Waals surface area contributed by atoms with Crippen molar-refractivity contribution in [3.63, 3.8) is 0 Å². The number of carbonyl (C=O) groups is 2. The minimum Gasteiger partial charge on any atom is -0.352 e. The van der Waals surface area contributed by atoms with E-state index in [4.69, 9.17) is 58.0 Å². The molecule has 1 saturated carbocycles. The number of halogens is 5. The zero-order chi connectivity index (χ0) is 22.2. The summed E-state index contributed by atoms with van der Waals surface area (Å²) in [6, 6.07) is 9.64. The van der Waals surface area contributed by atoms with Gasteiger partial charge in [0.05, 0.1) is 16.5 Å². The standard InChI is InChI=1S/C21H19Cl5N2O2/c1-10(2)9-27-19(29)15-8-14(3-4-16(15)24)28-20(30)18-17(21(18,25)26)11-5-12(22)7-13(23)6-11/h3-8,10,17-18H,9H2,1-2H3,(H,27,29)(H,28,30)/t17-,18+/m1/s1. The average molecular weight is 509 g/mol. The van der Waals surface area contributed by atoms with Crippen LogP contribution in [0.15, 0.2) is 36.4 Å². The molecule has 0 radical (unpaired) electrons. The monoisotopic (exact) mass is 506 g/mol. The highest BCUT2D eigenvalue weighted by atomic mass is 35.5. The van der Waals surface area contributed by atoms with E-state index in [1.165, 1.54) is 6.07 Å². The Hall–Kier alpha value is -1.17. The van der Waals surface area contributed by atoms with Crippen molar-refractivity contribution in [2.45, 2.75) is 24.1 Å². The summed E-state index contributed by atoms with van der Waals surface area (Å²) in [4.78, 5) is 25.2. The molecule has 0 unspecified atom stereocenters. The van der Waals surface area contributed by atoms with Gasteiger partial charge in [0.1, 0.15) is 4.33 Å². The molecule has 1 fully saturated rings. The second-order valence-corrected chi connectivity index (χ2v) is 10.3. The second kappa shape index (κ2) is 9.13. The fraction of sp³-hybridized carbons (Fsp3) is 0.333. The third-order valence-electron chi connectivity index (χ3n) is 4.73.